The van der Waals surface area contributed by atoms with Gasteiger partial charge in [-0.15, -0.1) is 0 Å². The van der Waals surface area contributed by atoms with E-state index in [-0.39, 0.29) is 11.9 Å². The molecule has 1 amide bonds. The molecule has 1 N–H and O–H groups in total. The average Bonchev–Trinajstić information content (AvgIpc) is 2.46. The normalized spacial score (nSPS) is 26.9. The minimum absolute atomic E-state index is 0.138. The third kappa shape index (κ3) is 2.51. The number of carbonyl (C=O) groups excluding carboxylic acids is 1. The van der Waals surface area contributed by atoms with Crippen molar-refractivity contribution >= 4 is 11.6 Å². The third-order valence-electron chi connectivity index (χ3n) is 3.83. The van der Waals surface area contributed by atoms with E-state index in [1.165, 1.54) is 5.56 Å². The third-order valence-corrected chi connectivity index (χ3v) is 3.83. The predicted octanol–water partition coefficient (Wildman–Crippen LogP) is 1.20. The molecule has 2 atom stereocenters. The molecule has 1 saturated heterocycles. The second kappa shape index (κ2) is 5.31. The minimum atomic E-state index is -0.202. The van der Waals surface area contributed by atoms with Crippen molar-refractivity contribution in [1.29, 1.82) is 0 Å². The largest absolute Gasteiger partial charge is 0.378 e. The van der Waals surface area contributed by atoms with Crippen LogP contribution in [0.2, 0.25) is 0 Å². The highest BCUT2D eigenvalue weighted by Gasteiger charge is 2.31. The zero-order chi connectivity index (χ0) is 13.2. The molecule has 1 aromatic carbocycles. The van der Waals surface area contributed by atoms with Crippen molar-refractivity contribution < 1.29 is 9.53 Å². The van der Waals surface area contributed by atoms with Crippen LogP contribution in [0.4, 0.5) is 5.69 Å². The molecule has 2 aliphatic rings. The van der Waals surface area contributed by atoms with E-state index in [9.17, 15) is 4.79 Å². The molecule has 0 saturated carbocycles. The minimum Gasteiger partial charge on any atom is -0.378 e. The molecule has 3 rings (SSSR count). The van der Waals surface area contributed by atoms with Gasteiger partial charge >= 0.3 is 0 Å². The Morgan fingerprint density at radius 2 is 2.26 bits per heavy atom. The van der Waals surface area contributed by atoms with Gasteiger partial charge in [0.15, 0.2) is 0 Å². The number of nitrogens with one attached hydrogen (secondary N) is 1. The Hall–Kier alpha value is -1.39. The Kier molecular flexibility index (Phi) is 3.53. The second-order valence-corrected chi connectivity index (χ2v) is 5.47. The van der Waals surface area contributed by atoms with E-state index in [1.54, 1.807) is 0 Å². The maximum absolute atomic E-state index is 12.6. The fraction of sp³-hybridized carbons (Fsp3) is 0.533. The van der Waals surface area contributed by atoms with E-state index < -0.39 is 0 Å². The summed E-state index contributed by atoms with van der Waals surface area (Å²) in [5.41, 5.74) is 2.34. The van der Waals surface area contributed by atoms with Gasteiger partial charge in [-0.1, -0.05) is 25.1 Å². The quantitative estimate of drug-likeness (QED) is 0.825. The van der Waals surface area contributed by atoms with Crippen LogP contribution in [0.3, 0.4) is 0 Å². The number of hydrogen-bond donors (Lipinski definition) is 1. The topological polar surface area (TPSA) is 41.6 Å². The Morgan fingerprint density at radius 3 is 3.05 bits per heavy atom. The molecule has 1 aromatic rings. The van der Waals surface area contributed by atoms with E-state index in [2.05, 4.69) is 18.3 Å². The Morgan fingerprint density at radius 1 is 1.42 bits per heavy atom. The van der Waals surface area contributed by atoms with Crippen molar-refractivity contribution in [1.82, 2.24) is 5.32 Å². The van der Waals surface area contributed by atoms with E-state index in [0.29, 0.717) is 19.1 Å². The number of hydrogen-bond acceptors (Lipinski definition) is 3. The van der Waals surface area contributed by atoms with Gasteiger partial charge in [0.1, 0.15) is 6.04 Å². The molecule has 0 aliphatic carbocycles. The van der Waals surface area contributed by atoms with Gasteiger partial charge in [-0.25, -0.2) is 0 Å². The molecule has 2 heterocycles. The molecular formula is C15H20N2O2. The lowest BCUT2D eigenvalue weighted by Crippen LogP contribution is -2.54. The number of morpholine rings is 1. The van der Waals surface area contributed by atoms with Gasteiger partial charge in [-0.3, -0.25) is 4.79 Å². The smallest absolute Gasteiger partial charge is 0.246 e. The van der Waals surface area contributed by atoms with Crippen LogP contribution in [-0.4, -0.2) is 38.3 Å². The van der Waals surface area contributed by atoms with Crippen molar-refractivity contribution in [3.05, 3.63) is 29.8 Å². The molecule has 4 nitrogen and oxygen atoms in total. The molecule has 0 bridgehead atoms. The molecule has 2 unspecified atom stereocenters. The average molecular weight is 260 g/mol. The van der Waals surface area contributed by atoms with Crippen molar-refractivity contribution in [3.8, 4) is 0 Å². The van der Waals surface area contributed by atoms with Gasteiger partial charge in [0.25, 0.3) is 0 Å². The predicted molar refractivity (Wildman–Crippen MR) is 74.3 cm³/mol. The SMILES string of the molecule is CC1Cc2ccccc2N(C(=O)C2COCCN2)C1. The highest BCUT2D eigenvalue weighted by molar-refractivity contribution is 5.98. The highest BCUT2D eigenvalue weighted by Crippen LogP contribution is 2.29. The number of anilines is 1. The molecule has 102 valence electrons. The lowest BCUT2D eigenvalue weighted by Gasteiger charge is -2.36. The van der Waals surface area contributed by atoms with Crippen LogP contribution >= 0.6 is 0 Å². The second-order valence-electron chi connectivity index (χ2n) is 5.47. The van der Waals surface area contributed by atoms with Gasteiger partial charge in [0.05, 0.1) is 13.2 Å². The molecule has 4 heteroatoms. The number of fused-ring (bicyclic) bond motifs is 1. The molecule has 19 heavy (non-hydrogen) atoms. The van der Waals surface area contributed by atoms with Crippen LogP contribution < -0.4 is 10.2 Å². The summed E-state index contributed by atoms with van der Waals surface area (Å²) in [5, 5.41) is 3.25. The van der Waals surface area contributed by atoms with Crippen molar-refractivity contribution in [2.75, 3.05) is 31.2 Å². The fourth-order valence-electron chi connectivity index (χ4n) is 2.92. The van der Waals surface area contributed by atoms with Crippen LogP contribution in [0.5, 0.6) is 0 Å². The summed E-state index contributed by atoms with van der Waals surface area (Å²) in [6, 6.07) is 8.01. The van der Waals surface area contributed by atoms with E-state index in [1.807, 2.05) is 23.1 Å². The number of nitrogens with zero attached hydrogens (tertiary/aromatic N) is 1. The zero-order valence-corrected chi connectivity index (χ0v) is 11.3. The van der Waals surface area contributed by atoms with Gasteiger partial charge in [0.2, 0.25) is 5.91 Å². The summed E-state index contributed by atoms with van der Waals surface area (Å²) in [6.07, 6.45) is 1.05. The van der Waals surface area contributed by atoms with Gasteiger partial charge in [-0.2, -0.15) is 0 Å². The fourth-order valence-corrected chi connectivity index (χ4v) is 2.92. The van der Waals surface area contributed by atoms with Gasteiger partial charge in [-0.05, 0) is 24.0 Å². The van der Waals surface area contributed by atoms with Crippen molar-refractivity contribution in [2.45, 2.75) is 19.4 Å². The van der Waals surface area contributed by atoms with Crippen LogP contribution in [0.15, 0.2) is 24.3 Å². The summed E-state index contributed by atoms with van der Waals surface area (Å²) >= 11 is 0. The Bertz CT molecular complexity index is 469. The Labute approximate surface area is 113 Å². The summed E-state index contributed by atoms with van der Waals surface area (Å²) in [7, 11) is 0. The first-order chi connectivity index (χ1) is 9.25. The molecule has 0 spiro atoms. The summed E-state index contributed by atoms with van der Waals surface area (Å²) < 4.78 is 5.40. The van der Waals surface area contributed by atoms with Gasteiger partial charge < -0.3 is 15.0 Å². The number of ether oxygens (including phenoxy) is 1. The van der Waals surface area contributed by atoms with Crippen molar-refractivity contribution in [3.63, 3.8) is 0 Å². The highest BCUT2D eigenvalue weighted by atomic mass is 16.5. The summed E-state index contributed by atoms with van der Waals surface area (Å²) in [4.78, 5) is 14.6. The first-order valence-corrected chi connectivity index (χ1v) is 6.96. The summed E-state index contributed by atoms with van der Waals surface area (Å²) in [6.45, 7) is 4.92. The first-order valence-electron chi connectivity index (χ1n) is 6.96. The van der Waals surface area contributed by atoms with E-state index in [0.717, 1.165) is 25.2 Å². The summed E-state index contributed by atoms with van der Waals surface area (Å²) in [5.74, 6) is 0.641. The maximum Gasteiger partial charge on any atom is 0.246 e. The number of amides is 1. The number of carbonyl (C=O) groups is 1. The zero-order valence-electron chi connectivity index (χ0n) is 11.3. The standard InChI is InChI=1S/C15H20N2O2/c1-11-8-12-4-2-3-5-14(12)17(9-11)15(18)13-10-19-7-6-16-13/h2-5,11,13,16H,6-10H2,1H3. The number of para-hydroxylation sites is 1. The van der Waals surface area contributed by atoms with Crippen LogP contribution in [0.1, 0.15) is 12.5 Å². The van der Waals surface area contributed by atoms with Crippen LogP contribution in [0, 0.1) is 5.92 Å². The number of benzene rings is 1. The van der Waals surface area contributed by atoms with Crippen LogP contribution in [-0.2, 0) is 16.0 Å². The first kappa shape index (κ1) is 12.6. The molecule has 0 radical (unpaired) electrons. The van der Waals surface area contributed by atoms with E-state index in [4.69, 9.17) is 4.74 Å². The van der Waals surface area contributed by atoms with Gasteiger partial charge in [0, 0.05) is 18.8 Å². The number of rotatable bonds is 1. The molecule has 1 fully saturated rings. The van der Waals surface area contributed by atoms with Crippen LogP contribution in [0.25, 0.3) is 0 Å². The maximum atomic E-state index is 12.6. The molecule has 2 aliphatic heterocycles. The monoisotopic (exact) mass is 260 g/mol. The molecular weight excluding hydrogens is 240 g/mol. The molecule has 0 aromatic heterocycles. The van der Waals surface area contributed by atoms with E-state index >= 15 is 0 Å². The van der Waals surface area contributed by atoms with Crippen molar-refractivity contribution in [2.24, 2.45) is 5.92 Å². The lowest BCUT2D eigenvalue weighted by molar-refractivity contribution is -0.123. The lowest BCUT2D eigenvalue weighted by atomic mass is 9.93. The Balaban J connectivity index is 1.85.